The normalized spacial score (nSPS) is 11.3. The van der Waals surface area contributed by atoms with Gasteiger partial charge in [0.05, 0.1) is 5.56 Å². The van der Waals surface area contributed by atoms with Gasteiger partial charge < -0.3 is 10.2 Å². The number of nitrogens with zero attached hydrogens (tertiary/aromatic N) is 1. The lowest BCUT2D eigenvalue weighted by molar-refractivity contribution is -0.138. The van der Waals surface area contributed by atoms with E-state index in [1.807, 2.05) is 0 Å². The summed E-state index contributed by atoms with van der Waals surface area (Å²) in [4.78, 5) is 13.1. The smallest absolute Gasteiger partial charge is 0.338 e. The van der Waals surface area contributed by atoms with Crippen molar-refractivity contribution in [2.24, 2.45) is 0 Å². The molecule has 0 aliphatic heterocycles. The zero-order chi connectivity index (χ0) is 15.9. The molecule has 0 heterocycles. The second-order valence-electron chi connectivity index (χ2n) is 4.95. The first kappa shape index (κ1) is 17.3. The van der Waals surface area contributed by atoms with Crippen molar-refractivity contribution in [3.05, 3.63) is 35.4 Å². The number of amides is 2. The third-order valence-electron chi connectivity index (χ3n) is 3.13. The van der Waals surface area contributed by atoms with Crippen molar-refractivity contribution in [2.45, 2.75) is 38.9 Å². The summed E-state index contributed by atoms with van der Waals surface area (Å²) in [5.74, 6) is 0. The fraction of sp³-hybridized carbons (Fsp3) is 0.533. The molecule has 0 unspecified atom stereocenters. The van der Waals surface area contributed by atoms with E-state index in [0.717, 1.165) is 25.3 Å². The van der Waals surface area contributed by atoms with E-state index < -0.39 is 11.7 Å². The lowest BCUT2D eigenvalue weighted by Gasteiger charge is -2.20. The molecule has 0 fully saturated rings. The predicted molar refractivity (Wildman–Crippen MR) is 75.8 cm³/mol. The first-order valence-corrected chi connectivity index (χ1v) is 7.00. The van der Waals surface area contributed by atoms with Crippen LogP contribution in [0.2, 0.25) is 0 Å². The monoisotopic (exact) mass is 302 g/mol. The summed E-state index contributed by atoms with van der Waals surface area (Å²) in [6, 6.07) is 4.95. The van der Waals surface area contributed by atoms with E-state index in [4.69, 9.17) is 0 Å². The predicted octanol–water partition coefficient (Wildman–Crippen LogP) is 4.04. The summed E-state index contributed by atoms with van der Waals surface area (Å²) in [5, 5.41) is 2.70. The Labute approximate surface area is 123 Å². The maximum atomic E-state index is 12.9. The largest absolute Gasteiger partial charge is 0.416 e. The summed E-state index contributed by atoms with van der Waals surface area (Å²) in [7, 11) is 1.49. The zero-order valence-electron chi connectivity index (χ0n) is 12.3. The van der Waals surface area contributed by atoms with Crippen LogP contribution in [0.15, 0.2) is 24.3 Å². The van der Waals surface area contributed by atoms with Gasteiger partial charge in [0.25, 0.3) is 0 Å². The molecule has 0 saturated carbocycles. The maximum Gasteiger partial charge on any atom is 0.416 e. The van der Waals surface area contributed by atoms with Crippen LogP contribution in [-0.4, -0.2) is 24.5 Å². The minimum Gasteiger partial charge on any atom is -0.338 e. The summed E-state index contributed by atoms with van der Waals surface area (Å²) in [6.07, 6.45) is -1.48. The molecule has 0 saturated heterocycles. The van der Waals surface area contributed by atoms with Gasteiger partial charge in [0.1, 0.15) is 0 Å². The van der Waals surface area contributed by atoms with Crippen LogP contribution in [0, 0.1) is 0 Å². The average Bonchev–Trinajstić information content (AvgIpc) is 2.42. The number of benzene rings is 1. The van der Waals surface area contributed by atoms with Gasteiger partial charge in [-0.2, -0.15) is 13.2 Å². The molecule has 0 bridgehead atoms. The van der Waals surface area contributed by atoms with Gasteiger partial charge in [0.15, 0.2) is 0 Å². The Morgan fingerprint density at radius 3 is 2.52 bits per heavy atom. The molecule has 21 heavy (non-hydrogen) atoms. The first-order valence-electron chi connectivity index (χ1n) is 7.00. The molecule has 1 rings (SSSR count). The standard InChI is InChI=1S/C15H21F3N2O/c1-3-4-7-10-19-14(21)20(2)11-12-8-5-6-9-13(12)15(16,17)18/h5-6,8-9H,3-4,7,10-11H2,1-2H3,(H,19,21). The number of hydrogen-bond acceptors (Lipinski definition) is 1. The fourth-order valence-electron chi connectivity index (χ4n) is 1.97. The van der Waals surface area contributed by atoms with Crippen LogP contribution in [0.1, 0.15) is 37.3 Å². The van der Waals surface area contributed by atoms with Crippen molar-refractivity contribution in [1.82, 2.24) is 10.2 Å². The van der Waals surface area contributed by atoms with Crippen LogP contribution in [0.25, 0.3) is 0 Å². The first-order chi connectivity index (χ1) is 9.86. The van der Waals surface area contributed by atoms with Gasteiger partial charge in [-0.05, 0) is 18.1 Å². The fourth-order valence-corrected chi connectivity index (χ4v) is 1.97. The summed E-state index contributed by atoms with van der Waals surface area (Å²) in [6.45, 7) is 2.52. The van der Waals surface area contributed by atoms with Crippen LogP contribution in [0.4, 0.5) is 18.0 Å². The van der Waals surface area contributed by atoms with E-state index in [0.29, 0.717) is 6.54 Å². The van der Waals surface area contributed by atoms with Crippen LogP contribution in [0.5, 0.6) is 0 Å². The van der Waals surface area contributed by atoms with E-state index >= 15 is 0 Å². The second kappa shape index (κ2) is 7.90. The number of urea groups is 1. The molecule has 2 amide bonds. The third-order valence-corrected chi connectivity index (χ3v) is 3.13. The van der Waals surface area contributed by atoms with Crippen LogP contribution >= 0.6 is 0 Å². The van der Waals surface area contributed by atoms with E-state index in [1.165, 1.54) is 30.1 Å². The van der Waals surface area contributed by atoms with Crippen LogP contribution < -0.4 is 5.32 Å². The van der Waals surface area contributed by atoms with Crippen molar-refractivity contribution < 1.29 is 18.0 Å². The van der Waals surface area contributed by atoms with Crippen molar-refractivity contribution in [1.29, 1.82) is 0 Å². The zero-order valence-corrected chi connectivity index (χ0v) is 12.3. The molecule has 1 aromatic rings. The number of halogens is 3. The Morgan fingerprint density at radius 2 is 1.90 bits per heavy atom. The number of nitrogens with one attached hydrogen (secondary N) is 1. The van der Waals surface area contributed by atoms with E-state index in [1.54, 1.807) is 0 Å². The van der Waals surface area contributed by atoms with Crippen LogP contribution in [-0.2, 0) is 12.7 Å². The van der Waals surface area contributed by atoms with Gasteiger partial charge in [-0.25, -0.2) is 4.79 Å². The number of carbonyl (C=O) groups excluding carboxylic acids is 1. The van der Waals surface area contributed by atoms with E-state index in [2.05, 4.69) is 12.2 Å². The highest BCUT2D eigenvalue weighted by atomic mass is 19.4. The Kier molecular flexibility index (Phi) is 6.52. The lowest BCUT2D eigenvalue weighted by Crippen LogP contribution is -2.37. The number of rotatable bonds is 6. The van der Waals surface area contributed by atoms with E-state index in [-0.39, 0.29) is 18.1 Å². The van der Waals surface area contributed by atoms with Crippen molar-refractivity contribution in [3.63, 3.8) is 0 Å². The highest BCUT2D eigenvalue weighted by Crippen LogP contribution is 2.32. The molecule has 118 valence electrons. The molecule has 0 radical (unpaired) electrons. The number of hydrogen-bond donors (Lipinski definition) is 1. The Balaban J connectivity index is 2.62. The third kappa shape index (κ3) is 5.65. The Morgan fingerprint density at radius 1 is 1.24 bits per heavy atom. The van der Waals surface area contributed by atoms with Crippen molar-refractivity contribution >= 4 is 6.03 Å². The number of carbonyl (C=O) groups is 1. The second-order valence-corrected chi connectivity index (χ2v) is 4.95. The van der Waals surface area contributed by atoms with Gasteiger partial charge in [0, 0.05) is 20.1 Å². The van der Waals surface area contributed by atoms with Crippen molar-refractivity contribution in [2.75, 3.05) is 13.6 Å². The maximum absolute atomic E-state index is 12.9. The average molecular weight is 302 g/mol. The van der Waals surface area contributed by atoms with Gasteiger partial charge in [-0.3, -0.25) is 0 Å². The topological polar surface area (TPSA) is 32.3 Å². The quantitative estimate of drug-likeness (QED) is 0.790. The number of unbranched alkanes of at least 4 members (excludes halogenated alkanes) is 2. The molecule has 0 aliphatic carbocycles. The summed E-state index contributed by atoms with van der Waals surface area (Å²) < 4.78 is 38.6. The van der Waals surface area contributed by atoms with Gasteiger partial charge in [-0.1, -0.05) is 38.0 Å². The van der Waals surface area contributed by atoms with Gasteiger partial charge in [-0.15, -0.1) is 0 Å². The molecule has 1 aromatic carbocycles. The molecule has 3 nitrogen and oxygen atoms in total. The molecule has 1 N–H and O–H groups in total. The Bertz CT molecular complexity index is 460. The van der Waals surface area contributed by atoms with Crippen molar-refractivity contribution in [3.8, 4) is 0 Å². The minimum absolute atomic E-state index is 0.0741. The molecular weight excluding hydrogens is 281 g/mol. The molecule has 0 aliphatic rings. The SMILES string of the molecule is CCCCCNC(=O)N(C)Cc1ccccc1C(F)(F)F. The highest BCUT2D eigenvalue weighted by Gasteiger charge is 2.33. The van der Waals surface area contributed by atoms with Crippen LogP contribution in [0.3, 0.4) is 0 Å². The highest BCUT2D eigenvalue weighted by molar-refractivity contribution is 5.73. The lowest BCUT2D eigenvalue weighted by atomic mass is 10.1. The minimum atomic E-state index is -4.41. The summed E-state index contributed by atoms with van der Waals surface area (Å²) in [5.41, 5.74) is -0.605. The molecule has 0 spiro atoms. The van der Waals surface area contributed by atoms with Gasteiger partial charge >= 0.3 is 12.2 Å². The molecule has 0 aromatic heterocycles. The summed E-state index contributed by atoms with van der Waals surface area (Å²) >= 11 is 0. The van der Waals surface area contributed by atoms with E-state index in [9.17, 15) is 18.0 Å². The molecule has 6 heteroatoms. The number of alkyl halides is 3. The Hall–Kier alpha value is -1.72. The molecule has 0 atom stereocenters. The molecular formula is C15H21F3N2O. The van der Waals surface area contributed by atoms with Gasteiger partial charge in [0.2, 0.25) is 0 Å².